The summed E-state index contributed by atoms with van der Waals surface area (Å²) in [6.45, 7) is 4.02. The van der Waals surface area contributed by atoms with Crippen LogP contribution in [0.2, 0.25) is 0 Å². The van der Waals surface area contributed by atoms with Crippen LogP contribution in [0.1, 0.15) is 41.1 Å². The molecule has 5 rings (SSSR count). The van der Waals surface area contributed by atoms with Crippen molar-refractivity contribution in [3.05, 3.63) is 95.1 Å². The second kappa shape index (κ2) is 10.6. The Morgan fingerprint density at radius 2 is 1.81 bits per heavy atom. The van der Waals surface area contributed by atoms with Crippen LogP contribution in [0, 0.1) is 13.8 Å². The molecule has 0 aliphatic carbocycles. The van der Waals surface area contributed by atoms with Crippen LogP contribution in [0.15, 0.2) is 82.9 Å². The van der Waals surface area contributed by atoms with E-state index in [9.17, 15) is 9.59 Å². The van der Waals surface area contributed by atoms with Gasteiger partial charge in [-0.25, -0.2) is 5.01 Å². The standard InChI is InChI=1S/C29H28N4O3S/c1-18-7-9-20(10-8-18)24-16-25(21-11-13-23(36-3)14-12-21)33(32-24)29-31-28(35)26(37-29)17-27(34)30-22-6-4-5-19(2)15-22/h4-15,25-26H,16-17H2,1-3H3,(H,30,34)/t25-,26+/m1/s1. The van der Waals surface area contributed by atoms with Crippen LogP contribution in [-0.4, -0.2) is 40.1 Å². The number of methoxy groups -OCH3 is 1. The smallest absolute Gasteiger partial charge is 0.262 e. The third-order valence-corrected chi connectivity index (χ3v) is 7.54. The van der Waals surface area contributed by atoms with Gasteiger partial charge in [-0.2, -0.15) is 10.1 Å². The van der Waals surface area contributed by atoms with Gasteiger partial charge in [-0.05, 0) is 54.8 Å². The number of thioether (sulfide) groups is 1. The summed E-state index contributed by atoms with van der Waals surface area (Å²) in [6, 6.07) is 23.6. The predicted molar refractivity (Wildman–Crippen MR) is 148 cm³/mol. The summed E-state index contributed by atoms with van der Waals surface area (Å²) in [7, 11) is 1.64. The number of rotatable bonds is 6. The minimum absolute atomic E-state index is 0.0417. The van der Waals surface area contributed by atoms with Gasteiger partial charge in [-0.15, -0.1) is 0 Å². The molecule has 3 aromatic rings. The molecule has 2 atom stereocenters. The molecule has 2 amide bonds. The molecule has 8 heteroatoms. The lowest BCUT2D eigenvalue weighted by Gasteiger charge is -2.23. The molecule has 0 aromatic heterocycles. The van der Waals surface area contributed by atoms with Crippen molar-refractivity contribution in [2.75, 3.05) is 12.4 Å². The van der Waals surface area contributed by atoms with Crippen molar-refractivity contribution in [3.63, 3.8) is 0 Å². The van der Waals surface area contributed by atoms with Crippen LogP contribution >= 0.6 is 11.8 Å². The van der Waals surface area contributed by atoms with Crippen LogP contribution < -0.4 is 10.1 Å². The first-order valence-electron chi connectivity index (χ1n) is 12.1. The SMILES string of the molecule is COc1ccc([C@H]2CC(c3ccc(C)cc3)=NN2C2=NC(=O)[C@H](CC(=O)Nc3cccc(C)c3)S2)cc1. The first-order chi connectivity index (χ1) is 17.9. The Hall–Kier alpha value is -3.91. The summed E-state index contributed by atoms with van der Waals surface area (Å²) < 4.78 is 5.32. The van der Waals surface area contributed by atoms with E-state index in [0.717, 1.165) is 28.2 Å². The van der Waals surface area contributed by atoms with Gasteiger partial charge in [0.1, 0.15) is 11.0 Å². The number of aryl methyl sites for hydroxylation is 2. The molecule has 0 radical (unpaired) electrons. The van der Waals surface area contributed by atoms with Gasteiger partial charge in [0.25, 0.3) is 5.91 Å². The molecule has 0 saturated heterocycles. The van der Waals surface area contributed by atoms with Crippen LogP contribution in [0.4, 0.5) is 5.69 Å². The molecule has 0 spiro atoms. The van der Waals surface area contributed by atoms with Crippen molar-refractivity contribution < 1.29 is 14.3 Å². The van der Waals surface area contributed by atoms with Gasteiger partial charge in [0.15, 0.2) is 5.17 Å². The molecule has 0 fully saturated rings. The highest BCUT2D eigenvalue weighted by molar-refractivity contribution is 8.15. The lowest BCUT2D eigenvalue weighted by molar-refractivity contribution is -0.121. The number of hydrogen-bond acceptors (Lipinski definition) is 6. The fourth-order valence-electron chi connectivity index (χ4n) is 4.40. The summed E-state index contributed by atoms with van der Waals surface area (Å²) in [4.78, 5) is 29.8. The molecule has 188 valence electrons. The maximum Gasteiger partial charge on any atom is 0.262 e. The van der Waals surface area contributed by atoms with Gasteiger partial charge >= 0.3 is 0 Å². The number of benzene rings is 3. The average Bonchev–Trinajstić information content (AvgIpc) is 3.48. The molecule has 2 aliphatic rings. The number of ether oxygens (including phenoxy) is 1. The minimum Gasteiger partial charge on any atom is -0.497 e. The molecule has 2 heterocycles. The van der Waals surface area contributed by atoms with Crippen molar-refractivity contribution in [3.8, 4) is 5.75 Å². The highest BCUT2D eigenvalue weighted by Gasteiger charge is 2.39. The molecule has 37 heavy (non-hydrogen) atoms. The van der Waals surface area contributed by atoms with E-state index in [1.165, 1.54) is 17.3 Å². The van der Waals surface area contributed by atoms with E-state index < -0.39 is 5.25 Å². The Labute approximate surface area is 220 Å². The first-order valence-corrected chi connectivity index (χ1v) is 13.0. The number of amides is 2. The third-order valence-electron chi connectivity index (χ3n) is 6.39. The van der Waals surface area contributed by atoms with E-state index in [2.05, 4.69) is 41.5 Å². The van der Waals surface area contributed by atoms with Gasteiger partial charge in [-0.3, -0.25) is 9.59 Å². The van der Waals surface area contributed by atoms with E-state index in [1.54, 1.807) is 7.11 Å². The number of amidine groups is 1. The Kier molecular flexibility index (Phi) is 7.10. The van der Waals surface area contributed by atoms with Crippen molar-refractivity contribution in [2.45, 2.75) is 38.0 Å². The summed E-state index contributed by atoms with van der Waals surface area (Å²) in [5.41, 5.74) is 5.96. The summed E-state index contributed by atoms with van der Waals surface area (Å²) in [5, 5.41) is 9.55. The summed E-state index contributed by atoms with van der Waals surface area (Å²) in [5.74, 6) is 0.243. The van der Waals surface area contributed by atoms with Crippen LogP contribution in [0.25, 0.3) is 0 Å². The lowest BCUT2D eigenvalue weighted by atomic mass is 9.98. The number of nitrogens with zero attached hydrogens (tertiary/aromatic N) is 3. The normalized spacial score (nSPS) is 19.0. The van der Waals surface area contributed by atoms with E-state index in [0.29, 0.717) is 17.3 Å². The maximum absolute atomic E-state index is 12.8. The van der Waals surface area contributed by atoms with Gasteiger partial charge in [-0.1, -0.05) is 65.9 Å². The van der Waals surface area contributed by atoms with E-state index in [1.807, 2.05) is 60.5 Å². The van der Waals surface area contributed by atoms with Crippen LogP contribution in [0.3, 0.4) is 0 Å². The molecule has 3 aromatic carbocycles. The summed E-state index contributed by atoms with van der Waals surface area (Å²) in [6.07, 6.45) is 0.710. The van der Waals surface area contributed by atoms with Crippen molar-refractivity contribution in [1.82, 2.24) is 5.01 Å². The number of hydrogen-bond donors (Lipinski definition) is 1. The molecule has 2 aliphatic heterocycles. The topological polar surface area (TPSA) is 83.4 Å². The first kappa shape index (κ1) is 24.8. The zero-order valence-corrected chi connectivity index (χ0v) is 21.8. The number of nitrogens with one attached hydrogen (secondary N) is 1. The quantitative estimate of drug-likeness (QED) is 0.472. The van der Waals surface area contributed by atoms with Gasteiger partial charge in [0, 0.05) is 18.5 Å². The maximum atomic E-state index is 12.8. The summed E-state index contributed by atoms with van der Waals surface area (Å²) >= 11 is 1.30. The number of hydrazone groups is 1. The van der Waals surface area contributed by atoms with Crippen molar-refractivity contribution >= 4 is 40.1 Å². The highest BCUT2D eigenvalue weighted by Crippen LogP contribution is 2.39. The zero-order chi connectivity index (χ0) is 25.9. The number of carbonyl (C=O) groups is 2. The van der Waals surface area contributed by atoms with Gasteiger partial charge in [0.2, 0.25) is 5.91 Å². The molecule has 1 N–H and O–H groups in total. The Balaban J connectivity index is 1.35. The Morgan fingerprint density at radius 1 is 1.05 bits per heavy atom. The molecule has 0 saturated carbocycles. The minimum atomic E-state index is -0.588. The average molecular weight is 513 g/mol. The van der Waals surface area contributed by atoms with E-state index >= 15 is 0 Å². The van der Waals surface area contributed by atoms with E-state index in [4.69, 9.17) is 9.84 Å². The van der Waals surface area contributed by atoms with Crippen molar-refractivity contribution in [2.24, 2.45) is 10.1 Å². The monoisotopic (exact) mass is 512 g/mol. The van der Waals surface area contributed by atoms with Crippen LogP contribution in [-0.2, 0) is 9.59 Å². The molecular weight excluding hydrogens is 484 g/mol. The van der Waals surface area contributed by atoms with Crippen LogP contribution in [0.5, 0.6) is 5.75 Å². The van der Waals surface area contributed by atoms with Gasteiger partial charge < -0.3 is 10.1 Å². The molecular formula is C29H28N4O3S. The molecule has 7 nitrogen and oxygen atoms in total. The number of anilines is 1. The van der Waals surface area contributed by atoms with Crippen molar-refractivity contribution in [1.29, 1.82) is 0 Å². The lowest BCUT2D eigenvalue weighted by Crippen LogP contribution is -2.25. The largest absolute Gasteiger partial charge is 0.497 e. The fourth-order valence-corrected chi connectivity index (χ4v) is 5.46. The Bertz CT molecular complexity index is 1380. The molecule has 0 unspecified atom stereocenters. The highest BCUT2D eigenvalue weighted by atomic mass is 32.2. The third kappa shape index (κ3) is 5.59. The van der Waals surface area contributed by atoms with Gasteiger partial charge in [0.05, 0.1) is 18.9 Å². The second-order valence-corrected chi connectivity index (χ2v) is 10.4. The predicted octanol–water partition coefficient (Wildman–Crippen LogP) is 5.49. The second-order valence-electron chi connectivity index (χ2n) is 9.21. The van der Waals surface area contributed by atoms with E-state index in [-0.39, 0.29) is 24.3 Å². The molecule has 0 bridgehead atoms. The Morgan fingerprint density at radius 3 is 2.51 bits per heavy atom. The zero-order valence-electron chi connectivity index (χ0n) is 21.0. The fraction of sp³-hybridized carbons (Fsp3) is 0.241. The number of carbonyl (C=O) groups excluding carboxylic acids is 2. The number of aliphatic imine (C=N–C) groups is 1.